The summed E-state index contributed by atoms with van der Waals surface area (Å²) < 4.78 is 7.49. The molecule has 0 spiro atoms. The van der Waals surface area contributed by atoms with Crippen LogP contribution in [0.2, 0.25) is 0 Å². The number of rotatable bonds is 4. The molecule has 1 amide bonds. The lowest BCUT2D eigenvalue weighted by Gasteiger charge is -2.34. The van der Waals surface area contributed by atoms with Gasteiger partial charge in [0.2, 0.25) is 5.95 Å². The van der Waals surface area contributed by atoms with Crippen molar-refractivity contribution in [3.05, 3.63) is 70.8 Å². The van der Waals surface area contributed by atoms with Gasteiger partial charge in [0.05, 0.1) is 18.8 Å². The average molecular weight is 421 g/mol. The zero-order chi connectivity index (χ0) is 22.0. The molecular weight excluding hydrogens is 398 g/mol. The second-order valence-corrected chi connectivity index (χ2v) is 7.31. The molecule has 1 atom stereocenters. The lowest BCUT2D eigenvalue weighted by molar-refractivity contribution is 0.0390. The number of amides is 1. The molecule has 3 aromatic rings. The van der Waals surface area contributed by atoms with Crippen LogP contribution in [0.25, 0.3) is 11.3 Å². The van der Waals surface area contributed by atoms with E-state index in [0.29, 0.717) is 37.0 Å². The van der Waals surface area contributed by atoms with Crippen molar-refractivity contribution in [2.24, 2.45) is 7.05 Å². The Morgan fingerprint density at radius 1 is 1.19 bits per heavy atom. The van der Waals surface area contributed by atoms with Gasteiger partial charge >= 0.3 is 6.09 Å². The number of carboxylic acid groups (broad SMARTS) is 1. The number of nitrogens with zero attached hydrogens (tertiary/aromatic N) is 5. The zero-order valence-electron chi connectivity index (χ0n) is 17.3. The summed E-state index contributed by atoms with van der Waals surface area (Å²) in [7, 11) is 3.21. The third-order valence-electron chi connectivity index (χ3n) is 5.38. The lowest BCUT2D eigenvalue weighted by Crippen LogP contribution is -2.41. The Morgan fingerprint density at radius 2 is 1.90 bits per heavy atom. The number of ether oxygens (including phenoxy) is 1. The van der Waals surface area contributed by atoms with Crippen LogP contribution in [0, 0.1) is 0 Å². The summed E-state index contributed by atoms with van der Waals surface area (Å²) in [6.07, 6.45) is 2.10. The maximum Gasteiger partial charge on any atom is 0.411 e. The summed E-state index contributed by atoms with van der Waals surface area (Å²) >= 11 is 0. The molecule has 0 aliphatic carbocycles. The van der Waals surface area contributed by atoms with Gasteiger partial charge in [-0.2, -0.15) is 0 Å². The highest BCUT2D eigenvalue weighted by Crippen LogP contribution is 2.27. The van der Waals surface area contributed by atoms with Gasteiger partial charge in [-0.25, -0.2) is 9.78 Å². The Hall–Kier alpha value is -3.72. The minimum Gasteiger partial charge on any atom is -0.465 e. The second-order valence-electron chi connectivity index (χ2n) is 7.31. The van der Waals surface area contributed by atoms with E-state index in [-0.39, 0.29) is 11.7 Å². The molecule has 0 unspecified atom stereocenters. The molecule has 1 N–H and O–H groups in total. The minimum absolute atomic E-state index is 0.138. The van der Waals surface area contributed by atoms with Crippen molar-refractivity contribution in [1.82, 2.24) is 14.5 Å². The van der Waals surface area contributed by atoms with Crippen molar-refractivity contribution in [2.45, 2.75) is 6.10 Å². The van der Waals surface area contributed by atoms with E-state index in [1.54, 1.807) is 31.6 Å². The van der Waals surface area contributed by atoms with E-state index in [9.17, 15) is 9.59 Å². The molecule has 1 aromatic carbocycles. The predicted molar refractivity (Wildman–Crippen MR) is 116 cm³/mol. The van der Waals surface area contributed by atoms with Crippen LogP contribution >= 0.6 is 0 Å². The van der Waals surface area contributed by atoms with Gasteiger partial charge in [0.25, 0.3) is 5.56 Å². The SMILES string of the molecule is CN(C(=O)O)c1ccc([C@H]2CN(c3nc(-c4ccncc4)cc(=O)n3C)CCO2)cc1. The summed E-state index contributed by atoms with van der Waals surface area (Å²) in [5, 5.41) is 9.12. The van der Waals surface area contributed by atoms with Crippen LogP contribution in [0.3, 0.4) is 0 Å². The van der Waals surface area contributed by atoms with Crippen LogP contribution in [0.1, 0.15) is 11.7 Å². The molecule has 1 aliphatic rings. The van der Waals surface area contributed by atoms with E-state index in [1.807, 2.05) is 29.2 Å². The fourth-order valence-corrected chi connectivity index (χ4v) is 3.54. The topological polar surface area (TPSA) is 101 Å². The number of morpholine rings is 1. The Kier molecular flexibility index (Phi) is 5.68. The third-order valence-corrected chi connectivity index (χ3v) is 5.38. The molecule has 160 valence electrons. The van der Waals surface area contributed by atoms with Crippen LogP contribution in [-0.4, -0.2) is 52.5 Å². The highest BCUT2D eigenvalue weighted by atomic mass is 16.5. The van der Waals surface area contributed by atoms with E-state index in [0.717, 1.165) is 16.0 Å². The molecule has 3 heterocycles. The van der Waals surface area contributed by atoms with Gasteiger partial charge in [-0.1, -0.05) is 12.1 Å². The van der Waals surface area contributed by atoms with Gasteiger partial charge in [0.1, 0.15) is 6.10 Å². The summed E-state index contributed by atoms with van der Waals surface area (Å²) in [4.78, 5) is 35.7. The lowest BCUT2D eigenvalue weighted by atomic mass is 10.1. The van der Waals surface area contributed by atoms with Gasteiger partial charge in [0.15, 0.2) is 0 Å². The van der Waals surface area contributed by atoms with Crippen LogP contribution in [-0.2, 0) is 11.8 Å². The van der Waals surface area contributed by atoms with Gasteiger partial charge in [-0.15, -0.1) is 0 Å². The van der Waals surface area contributed by atoms with E-state index in [4.69, 9.17) is 14.8 Å². The van der Waals surface area contributed by atoms with Crippen molar-refractivity contribution < 1.29 is 14.6 Å². The fourth-order valence-electron chi connectivity index (χ4n) is 3.54. The van der Waals surface area contributed by atoms with Gasteiger partial charge in [-0.05, 0) is 29.8 Å². The molecule has 9 heteroatoms. The molecule has 4 rings (SSSR count). The monoisotopic (exact) mass is 421 g/mol. The Morgan fingerprint density at radius 3 is 2.58 bits per heavy atom. The normalized spacial score (nSPS) is 16.2. The first kappa shape index (κ1) is 20.5. The molecule has 1 saturated heterocycles. The number of hydrogen-bond donors (Lipinski definition) is 1. The standard InChI is InChI=1S/C22H23N5O4/c1-25(22(29)30)17-5-3-16(4-6-17)19-14-27(11-12-31-19)21-24-18(13-20(28)26(21)2)15-7-9-23-10-8-15/h3-10,13,19H,11-12,14H2,1-2H3,(H,29,30)/t19-/m1/s1. The van der Waals surface area contributed by atoms with Crippen molar-refractivity contribution in [2.75, 3.05) is 36.5 Å². The number of pyridine rings is 1. The first-order chi connectivity index (χ1) is 14.9. The first-order valence-electron chi connectivity index (χ1n) is 9.85. The number of aromatic nitrogens is 3. The van der Waals surface area contributed by atoms with E-state index in [2.05, 4.69) is 4.98 Å². The largest absolute Gasteiger partial charge is 0.465 e. The summed E-state index contributed by atoms with van der Waals surface area (Å²) in [6.45, 7) is 1.61. The predicted octanol–water partition coefficient (Wildman–Crippen LogP) is 2.53. The molecule has 1 fully saturated rings. The van der Waals surface area contributed by atoms with Crippen molar-refractivity contribution in [1.29, 1.82) is 0 Å². The van der Waals surface area contributed by atoms with Crippen LogP contribution < -0.4 is 15.4 Å². The van der Waals surface area contributed by atoms with Gasteiger partial charge < -0.3 is 14.7 Å². The van der Waals surface area contributed by atoms with Crippen LogP contribution in [0.15, 0.2) is 59.7 Å². The fraction of sp³-hybridized carbons (Fsp3) is 0.273. The number of hydrogen-bond acceptors (Lipinski definition) is 6. The highest BCUT2D eigenvalue weighted by molar-refractivity contribution is 5.85. The minimum atomic E-state index is -1.02. The molecule has 9 nitrogen and oxygen atoms in total. The molecule has 0 bridgehead atoms. The van der Waals surface area contributed by atoms with E-state index >= 15 is 0 Å². The zero-order valence-corrected chi connectivity index (χ0v) is 17.3. The molecule has 1 aliphatic heterocycles. The number of carbonyl (C=O) groups is 1. The van der Waals surface area contributed by atoms with Crippen molar-refractivity contribution >= 4 is 17.7 Å². The molecular formula is C22H23N5O4. The first-order valence-corrected chi connectivity index (χ1v) is 9.85. The van der Waals surface area contributed by atoms with E-state index in [1.165, 1.54) is 17.7 Å². The quantitative estimate of drug-likeness (QED) is 0.691. The second kappa shape index (κ2) is 8.57. The Labute approximate surface area is 179 Å². The summed E-state index contributed by atoms with van der Waals surface area (Å²) in [5.74, 6) is 0.579. The molecule has 0 saturated carbocycles. The third kappa shape index (κ3) is 4.26. The van der Waals surface area contributed by atoms with Crippen molar-refractivity contribution in [3.63, 3.8) is 0 Å². The maximum atomic E-state index is 12.6. The molecule has 0 radical (unpaired) electrons. The van der Waals surface area contributed by atoms with E-state index < -0.39 is 6.09 Å². The highest BCUT2D eigenvalue weighted by Gasteiger charge is 2.25. The van der Waals surface area contributed by atoms with Crippen LogP contribution in [0.4, 0.5) is 16.4 Å². The Balaban J connectivity index is 1.60. The number of anilines is 2. The molecule has 31 heavy (non-hydrogen) atoms. The summed E-state index contributed by atoms with van der Waals surface area (Å²) in [5.41, 5.74) is 2.81. The van der Waals surface area contributed by atoms with Crippen molar-refractivity contribution in [3.8, 4) is 11.3 Å². The van der Waals surface area contributed by atoms with Gasteiger partial charge in [0, 0.05) is 50.4 Å². The smallest absolute Gasteiger partial charge is 0.411 e. The Bertz CT molecular complexity index is 1130. The average Bonchev–Trinajstić information content (AvgIpc) is 2.81. The van der Waals surface area contributed by atoms with Crippen LogP contribution in [0.5, 0.6) is 0 Å². The summed E-state index contributed by atoms with van der Waals surface area (Å²) in [6, 6.07) is 12.4. The number of benzene rings is 1. The molecule has 2 aromatic heterocycles. The van der Waals surface area contributed by atoms with Gasteiger partial charge in [-0.3, -0.25) is 19.2 Å². The maximum absolute atomic E-state index is 12.6.